The molecule has 0 aromatic carbocycles. The topological polar surface area (TPSA) is 74.8 Å². The van der Waals surface area contributed by atoms with Crippen LogP contribution in [0.15, 0.2) is 12.4 Å². The van der Waals surface area contributed by atoms with Gasteiger partial charge in [-0.15, -0.1) is 5.10 Å². The van der Waals surface area contributed by atoms with Crippen LogP contribution in [-0.4, -0.2) is 37.1 Å². The Morgan fingerprint density at radius 2 is 2.19 bits per heavy atom. The Kier molecular flexibility index (Phi) is 4.72. The van der Waals surface area contributed by atoms with E-state index in [1.807, 2.05) is 38.5 Å². The number of hydrogen-bond acceptors (Lipinski definition) is 5. The Hall–Kier alpha value is -2.18. The van der Waals surface area contributed by atoms with Crippen LogP contribution in [0.5, 0.6) is 0 Å². The van der Waals surface area contributed by atoms with Gasteiger partial charge in [0.25, 0.3) is 0 Å². The van der Waals surface area contributed by atoms with E-state index < -0.39 is 5.97 Å². The van der Waals surface area contributed by atoms with Crippen molar-refractivity contribution in [2.45, 2.75) is 40.8 Å². The minimum absolute atomic E-state index is 0.269. The zero-order chi connectivity index (χ0) is 15.4. The van der Waals surface area contributed by atoms with Crippen LogP contribution >= 0.6 is 0 Å². The molecule has 0 aliphatic heterocycles. The summed E-state index contributed by atoms with van der Waals surface area (Å²) in [6, 6.07) is 0. The van der Waals surface area contributed by atoms with Crippen LogP contribution < -0.4 is 0 Å². The Bertz CT molecular complexity index is 615. The van der Waals surface area contributed by atoms with Crippen LogP contribution in [0.1, 0.15) is 42.8 Å². The Balaban J connectivity index is 2.11. The molecule has 0 spiro atoms. The summed E-state index contributed by atoms with van der Waals surface area (Å²) in [6.07, 6.45) is 3.67. The molecule has 2 aromatic rings. The molecule has 0 saturated carbocycles. The lowest BCUT2D eigenvalue weighted by Gasteiger charge is -2.07. The SMILES string of the molecule is CCn1ccnc1Cn1nnc(C(=O)OCC(C)C)c1C. The first-order chi connectivity index (χ1) is 10.0. The first-order valence-corrected chi connectivity index (χ1v) is 7.10. The molecule has 7 heteroatoms. The second kappa shape index (κ2) is 6.51. The average Bonchev–Trinajstić information content (AvgIpc) is 3.04. The Morgan fingerprint density at radius 3 is 2.86 bits per heavy atom. The number of ether oxygens (including phenoxy) is 1. The summed E-state index contributed by atoms with van der Waals surface area (Å²) >= 11 is 0. The van der Waals surface area contributed by atoms with Crippen LogP contribution in [0.2, 0.25) is 0 Å². The largest absolute Gasteiger partial charge is 0.461 e. The molecule has 0 aliphatic carbocycles. The number of nitrogens with zero attached hydrogens (tertiary/aromatic N) is 5. The summed E-state index contributed by atoms with van der Waals surface area (Å²) in [4.78, 5) is 16.2. The van der Waals surface area contributed by atoms with E-state index in [9.17, 15) is 4.79 Å². The molecule has 7 nitrogen and oxygen atoms in total. The van der Waals surface area contributed by atoms with Crippen molar-refractivity contribution >= 4 is 5.97 Å². The average molecular weight is 291 g/mol. The molecule has 0 radical (unpaired) electrons. The van der Waals surface area contributed by atoms with Crippen molar-refractivity contribution in [2.24, 2.45) is 5.92 Å². The van der Waals surface area contributed by atoms with Crippen LogP contribution in [-0.2, 0) is 17.8 Å². The van der Waals surface area contributed by atoms with Crippen LogP contribution in [0, 0.1) is 12.8 Å². The number of carbonyl (C=O) groups is 1. The molecule has 0 N–H and O–H groups in total. The number of rotatable bonds is 6. The van der Waals surface area contributed by atoms with Crippen molar-refractivity contribution in [3.63, 3.8) is 0 Å². The van der Waals surface area contributed by atoms with Gasteiger partial charge in [-0.1, -0.05) is 19.1 Å². The van der Waals surface area contributed by atoms with E-state index in [4.69, 9.17) is 4.74 Å². The predicted octanol–water partition coefficient (Wildman–Crippen LogP) is 1.66. The molecular formula is C14H21N5O2. The van der Waals surface area contributed by atoms with Gasteiger partial charge in [0.05, 0.1) is 12.3 Å². The maximum absolute atomic E-state index is 11.9. The quantitative estimate of drug-likeness (QED) is 0.757. The van der Waals surface area contributed by atoms with Crippen LogP contribution in [0.25, 0.3) is 0 Å². The molecule has 0 unspecified atom stereocenters. The molecule has 2 aromatic heterocycles. The zero-order valence-corrected chi connectivity index (χ0v) is 12.9. The Morgan fingerprint density at radius 1 is 1.43 bits per heavy atom. The van der Waals surface area contributed by atoms with Crippen molar-refractivity contribution in [2.75, 3.05) is 6.61 Å². The van der Waals surface area contributed by atoms with Crippen molar-refractivity contribution in [3.8, 4) is 0 Å². The second-order valence-corrected chi connectivity index (χ2v) is 5.30. The van der Waals surface area contributed by atoms with Crippen molar-refractivity contribution in [1.82, 2.24) is 24.5 Å². The van der Waals surface area contributed by atoms with Gasteiger partial charge in [-0.2, -0.15) is 0 Å². The lowest BCUT2D eigenvalue weighted by atomic mass is 10.2. The normalized spacial score (nSPS) is 11.1. The maximum Gasteiger partial charge on any atom is 0.360 e. The maximum atomic E-state index is 11.9. The van der Waals surface area contributed by atoms with E-state index in [1.54, 1.807) is 10.9 Å². The first kappa shape index (κ1) is 15.2. The van der Waals surface area contributed by atoms with E-state index in [0.717, 1.165) is 12.4 Å². The highest BCUT2D eigenvalue weighted by atomic mass is 16.5. The monoisotopic (exact) mass is 291 g/mol. The van der Waals surface area contributed by atoms with E-state index in [-0.39, 0.29) is 5.69 Å². The number of esters is 1. The molecule has 2 rings (SSSR count). The number of carbonyl (C=O) groups excluding carboxylic acids is 1. The number of hydrogen-bond donors (Lipinski definition) is 0. The van der Waals surface area contributed by atoms with Crippen molar-refractivity contribution in [1.29, 1.82) is 0 Å². The molecule has 114 valence electrons. The minimum Gasteiger partial charge on any atom is -0.461 e. The van der Waals surface area contributed by atoms with Gasteiger partial charge in [0, 0.05) is 18.9 Å². The Labute approximate surface area is 123 Å². The summed E-state index contributed by atoms with van der Waals surface area (Å²) < 4.78 is 8.88. The van der Waals surface area contributed by atoms with E-state index in [1.165, 1.54) is 0 Å². The van der Waals surface area contributed by atoms with Gasteiger partial charge >= 0.3 is 5.97 Å². The lowest BCUT2D eigenvalue weighted by molar-refractivity contribution is 0.0451. The standard InChI is InChI=1S/C14H21N5O2/c1-5-18-7-6-15-12(18)8-19-11(4)13(16-17-19)14(20)21-9-10(2)3/h6-7,10H,5,8-9H2,1-4H3. The van der Waals surface area contributed by atoms with Gasteiger partial charge in [-0.25, -0.2) is 14.5 Å². The van der Waals surface area contributed by atoms with Gasteiger partial charge < -0.3 is 9.30 Å². The van der Waals surface area contributed by atoms with Crippen molar-refractivity contribution < 1.29 is 9.53 Å². The third-order valence-corrected chi connectivity index (χ3v) is 3.16. The number of aromatic nitrogens is 5. The van der Waals surface area contributed by atoms with Crippen molar-refractivity contribution in [3.05, 3.63) is 29.6 Å². The van der Waals surface area contributed by atoms with Crippen LogP contribution in [0.4, 0.5) is 0 Å². The smallest absolute Gasteiger partial charge is 0.360 e. The van der Waals surface area contributed by atoms with E-state index in [2.05, 4.69) is 15.3 Å². The van der Waals surface area contributed by atoms with Gasteiger partial charge in [0.1, 0.15) is 12.4 Å². The summed E-state index contributed by atoms with van der Waals surface area (Å²) in [5.74, 6) is 0.750. The third kappa shape index (κ3) is 3.48. The minimum atomic E-state index is -0.425. The molecule has 2 heterocycles. The highest BCUT2D eigenvalue weighted by Crippen LogP contribution is 2.09. The molecule has 0 bridgehead atoms. The summed E-state index contributed by atoms with van der Waals surface area (Å²) in [5.41, 5.74) is 0.958. The molecule has 0 fully saturated rings. The lowest BCUT2D eigenvalue weighted by Crippen LogP contribution is -2.13. The van der Waals surface area contributed by atoms with E-state index in [0.29, 0.717) is 24.8 Å². The van der Waals surface area contributed by atoms with Crippen LogP contribution in [0.3, 0.4) is 0 Å². The fourth-order valence-corrected chi connectivity index (χ4v) is 1.92. The van der Waals surface area contributed by atoms with Gasteiger partial charge in [0.15, 0.2) is 5.69 Å². The second-order valence-electron chi connectivity index (χ2n) is 5.30. The molecule has 21 heavy (non-hydrogen) atoms. The molecule has 0 atom stereocenters. The predicted molar refractivity (Wildman–Crippen MR) is 76.9 cm³/mol. The first-order valence-electron chi connectivity index (χ1n) is 7.10. The zero-order valence-electron chi connectivity index (χ0n) is 12.9. The number of imidazole rings is 1. The molecule has 0 aliphatic rings. The molecular weight excluding hydrogens is 270 g/mol. The highest BCUT2D eigenvalue weighted by Gasteiger charge is 2.19. The summed E-state index contributed by atoms with van der Waals surface area (Å²) in [5, 5.41) is 7.96. The summed E-state index contributed by atoms with van der Waals surface area (Å²) in [7, 11) is 0. The fourth-order valence-electron chi connectivity index (χ4n) is 1.92. The molecule has 0 amide bonds. The van der Waals surface area contributed by atoms with E-state index >= 15 is 0 Å². The van der Waals surface area contributed by atoms with Gasteiger partial charge in [-0.05, 0) is 19.8 Å². The van der Waals surface area contributed by atoms with Gasteiger partial charge in [-0.3, -0.25) is 0 Å². The molecule has 0 saturated heterocycles. The van der Waals surface area contributed by atoms with Gasteiger partial charge in [0.2, 0.25) is 0 Å². The number of aryl methyl sites for hydroxylation is 1. The third-order valence-electron chi connectivity index (χ3n) is 3.16. The summed E-state index contributed by atoms with van der Waals surface area (Å²) in [6.45, 7) is 9.54. The highest BCUT2D eigenvalue weighted by molar-refractivity contribution is 5.88. The fraction of sp³-hybridized carbons (Fsp3) is 0.571.